The van der Waals surface area contributed by atoms with E-state index in [0.717, 1.165) is 25.9 Å². The molecule has 0 bridgehead atoms. The number of nitrogens with one attached hydrogen (secondary N) is 1. The molecule has 0 saturated carbocycles. The van der Waals surface area contributed by atoms with Gasteiger partial charge >= 0.3 is 0 Å². The molecule has 0 saturated heterocycles. The zero-order valence-corrected chi connectivity index (χ0v) is 13.1. The summed E-state index contributed by atoms with van der Waals surface area (Å²) in [5.74, 6) is 0. The van der Waals surface area contributed by atoms with Gasteiger partial charge in [-0.2, -0.15) is 0 Å². The van der Waals surface area contributed by atoms with Crippen LogP contribution in [0.5, 0.6) is 0 Å². The van der Waals surface area contributed by atoms with Crippen molar-refractivity contribution in [2.24, 2.45) is 0 Å². The van der Waals surface area contributed by atoms with Crippen molar-refractivity contribution in [2.45, 2.75) is 51.7 Å². The van der Waals surface area contributed by atoms with Gasteiger partial charge in [0, 0.05) is 32.4 Å². The number of aliphatic hydroxyl groups is 1. The van der Waals surface area contributed by atoms with E-state index in [1.54, 1.807) is 0 Å². The quantitative estimate of drug-likeness (QED) is 0.838. The Morgan fingerprint density at radius 2 is 2.05 bits per heavy atom. The first-order valence-corrected chi connectivity index (χ1v) is 7.84. The molecular formula is C17H28N2O. The summed E-state index contributed by atoms with van der Waals surface area (Å²) in [7, 11) is 2.17. The first-order chi connectivity index (χ1) is 9.58. The Balaban J connectivity index is 1.94. The highest BCUT2D eigenvalue weighted by Crippen LogP contribution is 2.26. The van der Waals surface area contributed by atoms with Crippen LogP contribution in [0, 0.1) is 0 Å². The van der Waals surface area contributed by atoms with E-state index in [9.17, 15) is 5.11 Å². The van der Waals surface area contributed by atoms with Gasteiger partial charge in [0.05, 0.1) is 5.60 Å². The van der Waals surface area contributed by atoms with Crippen LogP contribution in [-0.4, -0.2) is 30.8 Å². The Kier molecular flexibility index (Phi) is 5.06. The zero-order valence-electron chi connectivity index (χ0n) is 13.1. The summed E-state index contributed by atoms with van der Waals surface area (Å²) in [5.41, 5.74) is 3.58. The van der Waals surface area contributed by atoms with E-state index in [-0.39, 0.29) is 0 Å². The number of hydrogen-bond acceptors (Lipinski definition) is 3. The monoisotopic (exact) mass is 276 g/mol. The summed E-state index contributed by atoms with van der Waals surface area (Å²) in [6.07, 6.45) is 4.02. The molecule has 1 heterocycles. The van der Waals surface area contributed by atoms with Gasteiger partial charge < -0.3 is 15.3 Å². The summed E-state index contributed by atoms with van der Waals surface area (Å²) >= 11 is 0. The fraction of sp³-hybridized carbons (Fsp3) is 0.647. The minimum absolute atomic E-state index is 0.561. The van der Waals surface area contributed by atoms with Crippen LogP contribution in [0.1, 0.15) is 44.2 Å². The van der Waals surface area contributed by atoms with Crippen molar-refractivity contribution in [2.75, 3.05) is 25.0 Å². The molecule has 0 aromatic heterocycles. The number of fused-ring (bicyclic) bond motifs is 1. The molecule has 0 radical (unpaired) electrons. The third-order valence-electron chi connectivity index (χ3n) is 4.59. The molecule has 0 amide bonds. The molecule has 0 atom stereocenters. The molecule has 1 aromatic rings. The third kappa shape index (κ3) is 3.53. The van der Waals surface area contributed by atoms with Gasteiger partial charge in [-0.25, -0.2) is 0 Å². The lowest BCUT2D eigenvalue weighted by molar-refractivity contribution is 0.0323. The average molecular weight is 276 g/mol. The standard InChI is InChI=1S/C17H28N2O/c1-4-17(20,5-2)13-18-12-14-8-9-16-15(11-14)7-6-10-19(16)3/h8-9,11,18,20H,4-7,10,12-13H2,1-3H3. The number of aryl methyl sites for hydroxylation is 1. The van der Waals surface area contributed by atoms with Gasteiger partial charge in [0.25, 0.3) is 0 Å². The van der Waals surface area contributed by atoms with Crippen molar-refractivity contribution < 1.29 is 5.11 Å². The SMILES string of the molecule is CCC(O)(CC)CNCc1ccc2c(c1)CCCN2C. The van der Waals surface area contributed by atoms with E-state index < -0.39 is 5.60 Å². The smallest absolute Gasteiger partial charge is 0.0766 e. The Morgan fingerprint density at radius 3 is 2.75 bits per heavy atom. The second-order valence-corrected chi connectivity index (χ2v) is 6.02. The molecule has 1 aromatic carbocycles. The fourth-order valence-corrected chi connectivity index (χ4v) is 2.89. The highest BCUT2D eigenvalue weighted by molar-refractivity contribution is 5.56. The maximum absolute atomic E-state index is 10.3. The van der Waals surface area contributed by atoms with Crippen molar-refractivity contribution in [1.82, 2.24) is 5.32 Å². The number of nitrogens with zero attached hydrogens (tertiary/aromatic N) is 1. The van der Waals surface area contributed by atoms with Crippen molar-refractivity contribution in [3.63, 3.8) is 0 Å². The van der Waals surface area contributed by atoms with Crippen LogP contribution in [0.3, 0.4) is 0 Å². The van der Waals surface area contributed by atoms with Crippen LogP contribution in [0.25, 0.3) is 0 Å². The van der Waals surface area contributed by atoms with Crippen molar-refractivity contribution in [3.8, 4) is 0 Å². The summed E-state index contributed by atoms with van der Waals surface area (Å²) in [5, 5.41) is 13.7. The van der Waals surface area contributed by atoms with Gasteiger partial charge in [-0.05, 0) is 42.9 Å². The Hall–Kier alpha value is -1.06. The van der Waals surface area contributed by atoms with Crippen molar-refractivity contribution in [3.05, 3.63) is 29.3 Å². The molecule has 112 valence electrons. The summed E-state index contributed by atoms with van der Waals surface area (Å²) in [6.45, 7) is 6.74. The largest absolute Gasteiger partial charge is 0.389 e. The molecule has 0 fully saturated rings. The maximum Gasteiger partial charge on any atom is 0.0766 e. The van der Waals surface area contributed by atoms with E-state index in [1.807, 2.05) is 13.8 Å². The minimum atomic E-state index is -0.561. The molecule has 0 aliphatic carbocycles. The molecule has 0 unspecified atom stereocenters. The van der Waals surface area contributed by atoms with Crippen LogP contribution in [0.2, 0.25) is 0 Å². The highest BCUT2D eigenvalue weighted by atomic mass is 16.3. The van der Waals surface area contributed by atoms with E-state index in [2.05, 4.69) is 35.5 Å². The highest BCUT2D eigenvalue weighted by Gasteiger charge is 2.21. The number of anilines is 1. The van der Waals surface area contributed by atoms with Gasteiger partial charge in [-0.15, -0.1) is 0 Å². The Bertz CT molecular complexity index is 441. The van der Waals surface area contributed by atoms with Gasteiger partial charge in [-0.3, -0.25) is 0 Å². The average Bonchev–Trinajstić information content (AvgIpc) is 2.47. The van der Waals surface area contributed by atoms with E-state index in [4.69, 9.17) is 0 Å². The lowest BCUT2D eigenvalue weighted by Crippen LogP contribution is -2.39. The molecule has 2 N–H and O–H groups in total. The van der Waals surface area contributed by atoms with Crippen molar-refractivity contribution >= 4 is 5.69 Å². The first kappa shape index (κ1) is 15.3. The lowest BCUT2D eigenvalue weighted by Gasteiger charge is -2.28. The van der Waals surface area contributed by atoms with Crippen molar-refractivity contribution in [1.29, 1.82) is 0 Å². The van der Waals surface area contributed by atoms with Crippen LogP contribution in [-0.2, 0) is 13.0 Å². The van der Waals surface area contributed by atoms with E-state index in [1.165, 1.54) is 29.7 Å². The summed E-state index contributed by atoms with van der Waals surface area (Å²) in [4.78, 5) is 2.34. The zero-order chi connectivity index (χ0) is 14.6. The first-order valence-electron chi connectivity index (χ1n) is 7.84. The molecule has 3 heteroatoms. The molecule has 3 nitrogen and oxygen atoms in total. The molecule has 20 heavy (non-hydrogen) atoms. The van der Waals surface area contributed by atoms with Crippen LogP contribution in [0.4, 0.5) is 5.69 Å². The van der Waals surface area contributed by atoms with Gasteiger partial charge in [-0.1, -0.05) is 26.0 Å². The maximum atomic E-state index is 10.3. The second kappa shape index (κ2) is 6.59. The molecule has 1 aliphatic heterocycles. The second-order valence-electron chi connectivity index (χ2n) is 6.02. The normalized spacial score (nSPS) is 15.3. The van der Waals surface area contributed by atoms with Crippen LogP contribution < -0.4 is 10.2 Å². The summed E-state index contributed by atoms with van der Waals surface area (Å²) < 4.78 is 0. The number of rotatable bonds is 6. The Labute approximate surface area is 123 Å². The lowest BCUT2D eigenvalue weighted by atomic mass is 9.97. The van der Waals surface area contributed by atoms with Crippen LogP contribution in [0.15, 0.2) is 18.2 Å². The molecule has 2 rings (SSSR count). The minimum Gasteiger partial charge on any atom is -0.389 e. The van der Waals surface area contributed by atoms with Gasteiger partial charge in [0.2, 0.25) is 0 Å². The molecular weight excluding hydrogens is 248 g/mol. The van der Waals surface area contributed by atoms with Crippen LogP contribution >= 0.6 is 0 Å². The topological polar surface area (TPSA) is 35.5 Å². The Morgan fingerprint density at radius 1 is 1.30 bits per heavy atom. The van der Waals surface area contributed by atoms with E-state index >= 15 is 0 Å². The molecule has 1 aliphatic rings. The predicted molar refractivity (Wildman–Crippen MR) is 85.3 cm³/mol. The van der Waals surface area contributed by atoms with E-state index in [0.29, 0.717) is 6.54 Å². The van der Waals surface area contributed by atoms with Gasteiger partial charge in [0.15, 0.2) is 0 Å². The summed E-state index contributed by atoms with van der Waals surface area (Å²) in [6, 6.07) is 6.75. The number of hydrogen-bond donors (Lipinski definition) is 2. The predicted octanol–water partition coefficient (Wildman–Crippen LogP) is 2.71. The number of benzene rings is 1. The third-order valence-corrected chi connectivity index (χ3v) is 4.59. The molecule has 0 spiro atoms. The van der Waals surface area contributed by atoms with Gasteiger partial charge in [0.1, 0.15) is 0 Å². The fourth-order valence-electron chi connectivity index (χ4n) is 2.89.